The van der Waals surface area contributed by atoms with Gasteiger partial charge in [-0.05, 0) is 36.4 Å². The summed E-state index contributed by atoms with van der Waals surface area (Å²) >= 11 is 1.64. The zero-order valence-electron chi connectivity index (χ0n) is 18.4. The molecule has 1 aliphatic heterocycles. The van der Waals surface area contributed by atoms with Crippen LogP contribution in [0.15, 0.2) is 58.7 Å². The SMILES string of the molecule is COc1ccc(-c2nc(CN3CCN(C(=O)Cn4c(=O)[nH]c5ccccc54)CC3)cs2)cc1. The van der Waals surface area contributed by atoms with Crippen LogP contribution < -0.4 is 10.4 Å². The number of fused-ring (bicyclic) bond motifs is 1. The van der Waals surface area contributed by atoms with Gasteiger partial charge in [0.1, 0.15) is 17.3 Å². The Morgan fingerprint density at radius 1 is 1.09 bits per heavy atom. The van der Waals surface area contributed by atoms with Gasteiger partial charge in [0.15, 0.2) is 0 Å². The highest BCUT2D eigenvalue weighted by Gasteiger charge is 2.23. The second-order valence-electron chi connectivity index (χ2n) is 8.06. The van der Waals surface area contributed by atoms with Crippen LogP contribution in [-0.2, 0) is 17.9 Å². The van der Waals surface area contributed by atoms with E-state index in [1.54, 1.807) is 18.4 Å². The number of thiazole rings is 1. The number of aromatic nitrogens is 3. The molecule has 1 fully saturated rings. The van der Waals surface area contributed by atoms with E-state index in [2.05, 4.69) is 15.3 Å². The lowest BCUT2D eigenvalue weighted by atomic mass is 10.2. The van der Waals surface area contributed by atoms with Gasteiger partial charge < -0.3 is 14.6 Å². The fraction of sp³-hybridized carbons (Fsp3) is 0.292. The molecule has 0 atom stereocenters. The van der Waals surface area contributed by atoms with Crippen molar-refractivity contribution < 1.29 is 9.53 Å². The smallest absolute Gasteiger partial charge is 0.326 e. The maximum Gasteiger partial charge on any atom is 0.326 e. The Kier molecular flexibility index (Phi) is 5.97. The largest absolute Gasteiger partial charge is 0.497 e. The van der Waals surface area contributed by atoms with Crippen LogP contribution in [0.4, 0.5) is 0 Å². The molecule has 170 valence electrons. The molecule has 33 heavy (non-hydrogen) atoms. The number of ether oxygens (including phenoxy) is 1. The molecule has 5 rings (SSSR count). The van der Waals surface area contributed by atoms with E-state index in [0.29, 0.717) is 13.1 Å². The number of aromatic amines is 1. The third kappa shape index (κ3) is 4.55. The highest BCUT2D eigenvalue weighted by molar-refractivity contribution is 7.13. The summed E-state index contributed by atoms with van der Waals surface area (Å²) in [6.07, 6.45) is 0. The number of para-hydroxylation sites is 2. The molecular formula is C24H25N5O3S. The molecule has 2 aromatic heterocycles. The quantitative estimate of drug-likeness (QED) is 0.475. The average Bonchev–Trinajstić information content (AvgIpc) is 3.44. The minimum atomic E-state index is -0.251. The van der Waals surface area contributed by atoms with Crippen molar-refractivity contribution in [1.29, 1.82) is 0 Å². The second kappa shape index (κ2) is 9.21. The van der Waals surface area contributed by atoms with Crippen molar-refractivity contribution in [1.82, 2.24) is 24.3 Å². The third-order valence-electron chi connectivity index (χ3n) is 5.97. The van der Waals surface area contributed by atoms with Crippen molar-refractivity contribution in [2.75, 3.05) is 33.3 Å². The van der Waals surface area contributed by atoms with E-state index in [-0.39, 0.29) is 18.1 Å². The lowest BCUT2D eigenvalue weighted by molar-refractivity contribution is -0.133. The number of carbonyl (C=O) groups excluding carboxylic acids is 1. The number of hydrogen-bond donors (Lipinski definition) is 1. The Balaban J connectivity index is 1.17. The lowest BCUT2D eigenvalue weighted by Gasteiger charge is -2.34. The number of hydrogen-bond acceptors (Lipinski definition) is 6. The number of H-pyrrole nitrogens is 1. The zero-order chi connectivity index (χ0) is 22.8. The molecule has 4 aromatic rings. The molecular weight excluding hydrogens is 438 g/mol. The molecule has 2 aromatic carbocycles. The Labute approximate surface area is 195 Å². The first-order chi connectivity index (χ1) is 16.1. The Morgan fingerprint density at radius 3 is 2.61 bits per heavy atom. The molecule has 0 spiro atoms. The molecule has 9 heteroatoms. The maximum atomic E-state index is 12.8. The predicted molar refractivity (Wildman–Crippen MR) is 129 cm³/mol. The highest BCUT2D eigenvalue weighted by atomic mass is 32.1. The van der Waals surface area contributed by atoms with E-state index in [0.717, 1.165) is 52.7 Å². The zero-order valence-corrected chi connectivity index (χ0v) is 19.2. The normalized spacial score (nSPS) is 14.6. The molecule has 0 aliphatic carbocycles. The number of amides is 1. The predicted octanol–water partition coefficient (Wildman–Crippen LogP) is 2.81. The maximum absolute atomic E-state index is 12.8. The number of methoxy groups -OCH3 is 1. The van der Waals surface area contributed by atoms with E-state index in [1.165, 1.54) is 4.57 Å². The molecule has 0 unspecified atom stereocenters. The summed E-state index contributed by atoms with van der Waals surface area (Å²) in [5, 5.41) is 3.09. The van der Waals surface area contributed by atoms with E-state index in [4.69, 9.17) is 9.72 Å². The van der Waals surface area contributed by atoms with E-state index >= 15 is 0 Å². The van der Waals surface area contributed by atoms with Crippen LogP contribution in [0.2, 0.25) is 0 Å². The molecule has 8 nitrogen and oxygen atoms in total. The number of imidazole rings is 1. The molecule has 1 N–H and O–H groups in total. The summed E-state index contributed by atoms with van der Waals surface area (Å²) in [6, 6.07) is 15.4. The molecule has 1 amide bonds. The van der Waals surface area contributed by atoms with Gasteiger partial charge in [0, 0.05) is 43.7 Å². The molecule has 1 aliphatic rings. The van der Waals surface area contributed by atoms with Crippen LogP contribution in [0.5, 0.6) is 5.75 Å². The second-order valence-corrected chi connectivity index (χ2v) is 8.92. The van der Waals surface area contributed by atoms with Crippen LogP contribution in [0.25, 0.3) is 21.6 Å². The summed E-state index contributed by atoms with van der Waals surface area (Å²) in [4.78, 5) is 36.9. The van der Waals surface area contributed by atoms with Gasteiger partial charge in [-0.25, -0.2) is 9.78 Å². The first-order valence-electron chi connectivity index (χ1n) is 10.9. The van der Waals surface area contributed by atoms with Crippen LogP contribution in [0.3, 0.4) is 0 Å². The van der Waals surface area contributed by atoms with Crippen molar-refractivity contribution in [2.45, 2.75) is 13.1 Å². The van der Waals surface area contributed by atoms with Gasteiger partial charge in [-0.3, -0.25) is 14.3 Å². The fourth-order valence-corrected chi connectivity index (χ4v) is 4.95. The van der Waals surface area contributed by atoms with Gasteiger partial charge in [0.2, 0.25) is 5.91 Å². The molecule has 0 saturated carbocycles. The van der Waals surface area contributed by atoms with Crippen LogP contribution in [0, 0.1) is 0 Å². The van der Waals surface area contributed by atoms with Crippen molar-refractivity contribution in [3.63, 3.8) is 0 Å². The summed E-state index contributed by atoms with van der Waals surface area (Å²) in [5.74, 6) is 0.800. The number of piperazine rings is 1. The number of benzene rings is 2. The van der Waals surface area contributed by atoms with Gasteiger partial charge in [0.05, 0.1) is 23.8 Å². The molecule has 0 bridgehead atoms. The average molecular weight is 464 g/mol. The Bertz CT molecular complexity index is 1320. The number of rotatable bonds is 6. The van der Waals surface area contributed by atoms with Crippen molar-refractivity contribution >= 4 is 28.3 Å². The highest BCUT2D eigenvalue weighted by Crippen LogP contribution is 2.26. The number of nitrogens with one attached hydrogen (secondary N) is 1. The monoisotopic (exact) mass is 463 g/mol. The standard InChI is InChI=1S/C24H25N5O3S/c1-32-19-8-6-17(7-9-19)23-25-18(16-33-23)14-27-10-12-28(13-11-27)22(30)15-29-21-5-3-2-4-20(21)26-24(29)31/h2-9,16H,10-15H2,1H3,(H,26,31). The van der Waals surface area contributed by atoms with Crippen LogP contribution in [-0.4, -0.2) is 63.5 Å². The summed E-state index contributed by atoms with van der Waals surface area (Å²) < 4.78 is 6.73. The van der Waals surface area contributed by atoms with E-state index in [1.807, 2.05) is 53.4 Å². The van der Waals surface area contributed by atoms with Crippen molar-refractivity contribution in [3.05, 3.63) is 70.1 Å². The molecule has 0 radical (unpaired) electrons. The van der Waals surface area contributed by atoms with Crippen LogP contribution in [0.1, 0.15) is 5.69 Å². The topological polar surface area (TPSA) is 83.5 Å². The summed E-state index contributed by atoms with van der Waals surface area (Å²) in [6.45, 7) is 3.67. The minimum absolute atomic E-state index is 0.0306. The first-order valence-corrected chi connectivity index (χ1v) is 11.7. The van der Waals surface area contributed by atoms with Gasteiger partial charge in [0.25, 0.3) is 0 Å². The van der Waals surface area contributed by atoms with E-state index in [9.17, 15) is 9.59 Å². The third-order valence-corrected chi connectivity index (χ3v) is 6.91. The number of carbonyl (C=O) groups is 1. The van der Waals surface area contributed by atoms with E-state index < -0.39 is 0 Å². The van der Waals surface area contributed by atoms with Gasteiger partial charge in [-0.15, -0.1) is 11.3 Å². The Hall–Kier alpha value is -3.43. The van der Waals surface area contributed by atoms with Crippen molar-refractivity contribution in [3.8, 4) is 16.3 Å². The van der Waals surface area contributed by atoms with Gasteiger partial charge in [-0.1, -0.05) is 12.1 Å². The lowest BCUT2D eigenvalue weighted by Crippen LogP contribution is -2.49. The van der Waals surface area contributed by atoms with Crippen LogP contribution >= 0.6 is 11.3 Å². The number of nitrogens with zero attached hydrogens (tertiary/aromatic N) is 4. The first kappa shape index (κ1) is 21.4. The van der Waals surface area contributed by atoms with Gasteiger partial charge in [-0.2, -0.15) is 0 Å². The van der Waals surface area contributed by atoms with Crippen molar-refractivity contribution in [2.24, 2.45) is 0 Å². The van der Waals surface area contributed by atoms with Gasteiger partial charge >= 0.3 is 5.69 Å². The molecule has 1 saturated heterocycles. The molecule has 3 heterocycles. The Morgan fingerprint density at radius 2 is 1.85 bits per heavy atom. The summed E-state index contributed by atoms with van der Waals surface area (Å²) in [5.41, 5.74) is 3.37. The minimum Gasteiger partial charge on any atom is -0.497 e. The summed E-state index contributed by atoms with van der Waals surface area (Å²) in [7, 11) is 1.66. The fourth-order valence-electron chi connectivity index (χ4n) is 4.13.